The maximum absolute atomic E-state index is 12.1. The number of nitrogens with one attached hydrogen (secondary N) is 1. The summed E-state index contributed by atoms with van der Waals surface area (Å²) < 4.78 is 32.5. The van der Waals surface area contributed by atoms with Crippen LogP contribution in [-0.2, 0) is 24.1 Å². The lowest BCUT2D eigenvalue weighted by Gasteiger charge is -2.07. The van der Waals surface area contributed by atoms with Crippen molar-refractivity contribution in [2.75, 3.05) is 25.3 Å². The highest BCUT2D eigenvalue weighted by molar-refractivity contribution is 7.90. The Morgan fingerprint density at radius 3 is 2.21 bits per heavy atom. The predicted octanol–water partition coefficient (Wildman–Crippen LogP) is 2.35. The second-order valence-electron chi connectivity index (χ2n) is 5.90. The van der Waals surface area contributed by atoms with Crippen molar-refractivity contribution in [1.82, 2.24) is 0 Å². The third-order valence-electron chi connectivity index (χ3n) is 3.88. The Labute approximate surface area is 166 Å². The van der Waals surface area contributed by atoms with E-state index in [0.29, 0.717) is 10.6 Å². The number of aryl methyl sites for hydroxylation is 1. The first-order valence-corrected chi connectivity index (χ1v) is 10.7. The van der Waals surface area contributed by atoms with Gasteiger partial charge in [0.1, 0.15) is 5.00 Å². The summed E-state index contributed by atoms with van der Waals surface area (Å²) in [5.41, 5.74) is 1.08. The van der Waals surface area contributed by atoms with E-state index in [1.165, 1.54) is 42.7 Å². The van der Waals surface area contributed by atoms with E-state index < -0.39 is 34.3 Å². The summed E-state index contributed by atoms with van der Waals surface area (Å²) in [6.45, 7) is 2.99. The smallest absolute Gasteiger partial charge is 0.341 e. The molecule has 0 spiro atoms. The lowest BCUT2D eigenvalue weighted by molar-refractivity contribution is -0.119. The standard InChI is InChI=1S/C18H19NO7S2/c1-10-11(2)27-16(15(10)18(22)25-3)19-14(20)9-26-17(21)12-5-7-13(8-6-12)28(4,23)24/h5-8H,9H2,1-4H3,(H,19,20). The Morgan fingerprint density at radius 2 is 1.68 bits per heavy atom. The van der Waals surface area contributed by atoms with Gasteiger partial charge in [-0.2, -0.15) is 0 Å². The van der Waals surface area contributed by atoms with Gasteiger partial charge in [0.15, 0.2) is 16.4 Å². The van der Waals surface area contributed by atoms with Crippen molar-refractivity contribution in [3.05, 3.63) is 45.8 Å². The van der Waals surface area contributed by atoms with Crippen LogP contribution in [0.1, 0.15) is 31.2 Å². The van der Waals surface area contributed by atoms with Crippen LogP contribution in [0.5, 0.6) is 0 Å². The highest BCUT2D eigenvalue weighted by Gasteiger charge is 2.22. The topological polar surface area (TPSA) is 116 Å². The van der Waals surface area contributed by atoms with Crippen LogP contribution in [0.2, 0.25) is 0 Å². The average molecular weight is 425 g/mol. The molecule has 28 heavy (non-hydrogen) atoms. The van der Waals surface area contributed by atoms with Crippen molar-refractivity contribution in [1.29, 1.82) is 0 Å². The van der Waals surface area contributed by atoms with Crippen molar-refractivity contribution < 1.29 is 32.3 Å². The number of hydrogen-bond donors (Lipinski definition) is 1. The highest BCUT2D eigenvalue weighted by Crippen LogP contribution is 2.32. The Bertz CT molecular complexity index is 1020. The second kappa shape index (κ2) is 8.53. The number of methoxy groups -OCH3 is 1. The van der Waals surface area contributed by atoms with Crippen molar-refractivity contribution >= 4 is 44.0 Å². The van der Waals surface area contributed by atoms with Gasteiger partial charge in [0, 0.05) is 11.1 Å². The molecule has 2 rings (SSSR count). The van der Waals surface area contributed by atoms with Crippen LogP contribution in [0.25, 0.3) is 0 Å². The molecule has 2 aromatic rings. The van der Waals surface area contributed by atoms with E-state index in [1.807, 2.05) is 6.92 Å². The third-order valence-corrected chi connectivity index (χ3v) is 6.13. The van der Waals surface area contributed by atoms with Crippen LogP contribution in [0, 0.1) is 13.8 Å². The molecule has 150 valence electrons. The van der Waals surface area contributed by atoms with Gasteiger partial charge in [-0.15, -0.1) is 11.3 Å². The normalized spacial score (nSPS) is 11.0. The van der Waals surface area contributed by atoms with E-state index in [2.05, 4.69) is 5.32 Å². The van der Waals surface area contributed by atoms with Gasteiger partial charge in [0.25, 0.3) is 5.91 Å². The summed E-state index contributed by atoms with van der Waals surface area (Å²) in [6, 6.07) is 5.17. The fourth-order valence-electron chi connectivity index (χ4n) is 2.28. The Morgan fingerprint density at radius 1 is 1.07 bits per heavy atom. The molecule has 8 nitrogen and oxygen atoms in total. The summed E-state index contributed by atoms with van der Waals surface area (Å²) in [6.07, 6.45) is 1.06. The summed E-state index contributed by atoms with van der Waals surface area (Å²) in [7, 11) is -2.13. The molecule has 1 amide bonds. The molecule has 0 unspecified atom stereocenters. The Balaban J connectivity index is 2.02. The van der Waals surface area contributed by atoms with Gasteiger partial charge in [0.2, 0.25) is 0 Å². The van der Waals surface area contributed by atoms with E-state index in [4.69, 9.17) is 9.47 Å². The number of carbonyl (C=O) groups excluding carboxylic acids is 3. The molecule has 0 bridgehead atoms. The van der Waals surface area contributed by atoms with Gasteiger partial charge in [-0.25, -0.2) is 18.0 Å². The number of benzene rings is 1. The summed E-state index contributed by atoms with van der Waals surface area (Å²) in [4.78, 5) is 36.9. The number of carbonyl (C=O) groups is 3. The van der Waals surface area contributed by atoms with Crippen LogP contribution >= 0.6 is 11.3 Å². The SMILES string of the molecule is COC(=O)c1c(NC(=O)COC(=O)c2ccc(S(C)(=O)=O)cc2)sc(C)c1C. The molecular formula is C18H19NO7S2. The molecule has 1 N–H and O–H groups in total. The van der Waals surface area contributed by atoms with E-state index in [0.717, 1.165) is 11.1 Å². The van der Waals surface area contributed by atoms with Gasteiger partial charge < -0.3 is 14.8 Å². The average Bonchev–Trinajstić information content (AvgIpc) is 2.92. The number of esters is 2. The fourth-order valence-corrected chi connectivity index (χ4v) is 3.97. The highest BCUT2D eigenvalue weighted by atomic mass is 32.2. The lowest BCUT2D eigenvalue weighted by Crippen LogP contribution is -2.21. The molecule has 0 aliphatic rings. The lowest BCUT2D eigenvalue weighted by atomic mass is 10.1. The van der Waals surface area contributed by atoms with Gasteiger partial charge in [-0.3, -0.25) is 4.79 Å². The fraction of sp³-hybridized carbons (Fsp3) is 0.278. The minimum absolute atomic E-state index is 0.0700. The molecule has 1 heterocycles. The van der Waals surface area contributed by atoms with Crippen molar-refractivity contribution in [2.45, 2.75) is 18.7 Å². The van der Waals surface area contributed by atoms with Crippen molar-refractivity contribution in [3.8, 4) is 0 Å². The summed E-state index contributed by atoms with van der Waals surface area (Å²) in [5.74, 6) is -1.96. The molecule has 0 saturated heterocycles. The number of rotatable bonds is 6. The zero-order valence-corrected chi connectivity index (χ0v) is 17.3. The van der Waals surface area contributed by atoms with Gasteiger partial charge >= 0.3 is 11.9 Å². The van der Waals surface area contributed by atoms with Crippen molar-refractivity contribution in [2.24, 2.45) is 0 Å². The molecule has 0 radical (unpaired) electrons. The van der Waals surface area contributed by atoms with Crippen molar-refractivity contribution in [3.63, 3.8) is 0 Å². The molecule has 10 heteroatoms. The molecule has 0 aliphatic heterocycles. The monoisotopic (exact) mass is 425 g/mol. The van der Waals surface area contributed by atoms with E-state index in [9.17, 15) is 22.8 Å². The Hall–Kier alpha value is -2.72. The Kier molecular flexibility index (Phi) is 6.57. The summed E-state index contributed by atoms with van der Waals surface area (Å²) >= 11 is 1.22. The van der Waals surface area contributed by atoms with Crippen LogP contribution in [0.3, 0.4) is 0 Å². The summed E-state index contributed by atoms with van der Waals surface area (Å²) in [5, 5.41) is 2.87. The molecule has 0 atom stereocenters. The van der Waals surface area contributed by atoms with Gasteiger partial charge in [0.05, 0.1) is 23.1 Å². The largest absolute Gasteiger partial charge is 0.465 e. The second-order valence-corrected chi connectivity index (χ2v) is 9.14. The number of thiophene rings is 1. The first-order chi connectivity index (χ1) is 13.0. The zero-order chi connectivity index (χ0) is 21.1. The quantitative estimate of drug-likeness (QED) is 0.706. The van der Waals surface area contributed by atoms with E-state index in [-0.39, 0.29) is 16.0 Å². The number of hydrogen-bond acceptors (Lipinski definition) is 8. The van der Waals surface area contributed by atoms with E-state index in [1.54, 1.807) is 6.92 Å². The van der Waals surface area contributed by atoms with Crippen LogP contribution in [-0.4, -0.2) is 46.2 Å². The predicted molar refractivity (Wildman–Crippen MR) is 104 cm³/mol. The van der Waals surface area contributed by atoms with Gasteiger partial charge in [-0.05, 0) is 43.7 Å². The number of anilines is 1. The zero-order valence-electron chi connectivity index (χ0n) is 15.7. The third kappa shape index (κ3) is 4.96. The van der Waals surface area contributed by atoms with Crippen LogP contribution < -0.4 is 5.32 Å². The molecule has 0 fully saturated rings. The first-order valence-electron chi connectivity index (χ1n) is 8.00. The molecule has 0 saturated carbocycles. The minimum atomic E-state index is -3.37. The molecule has 0 aliphatic carbocycles. The maximum Gasteiger partial charge on any atom is 0.341 e. The van der Waals surface area contributed by atoms with Gasteiger partial charge in [-0.1, -0.05) is 0 Å². The van der Waals surface area contributed by atoms with Crippen LogP contribution in [0.4, 0.5) is 5.00 Å². The number of amides is 1. The first kappa shape index (κ1) is 21.6. The molecule has 1 aromatic heterocycles. The molecular weight excluding hydrogens is 406 g/mol. The number of sulfone groups is 1. The van der Waals surface area contributed by atoms with E-state index >= 15 is 0 Å². The number of ether oxygens (including phenoxy) is 2. The minimum Gasteiger partial charge on any atom is -0.465 e. The van der Waals surface area contributed by atoms with Crippen LogP contribution in [0.15, 0.2) is 29.2 Å². The molecule has 1 aromatic carbocycles. The maximum atomic E-state index is 12.1.